The standard InChI is InChI=1S/C21H21Cl2NO/c1-13-12-24(21(2,3)25-13)20-15(11-19(22)23)8-9-17-16-7-5-4-6-14(16)10-18(17)20/h4-9,12,19H,10-11H2,1-3H3. The Hall–Kier alpha value is -1.64. The van der Waals surface area contributed by atoms with Gasteiger partial charge in [0, 0.05) is 19.0 Å². The van der Waals surface area contributed by atoms with Crippen molar-refractivity contribution in [3.05, 3.63) is 65.0 Å². The highest BCUT2D eigenvalue weighted by molar-refractivity contribution is 6.44. The summed E-state index contributed by atoms with van der Waals surface area (Å²) in [6.07, 6.45) is 3.62. The lowest BCUT2D eigenvalue weighted by Gasteiger charge is -2.34. The number of halogens is 2. The predicted molar refractivity (Wildman–Crippen MR) is 105 cm³/mol. The van der Waals surface area contributed by atoms with Crippen LogP contribution in [-0.2, 0) is 17.6 Å². The van der Waals surface area contributed by atoms with Gasteiger partial charge in [0.25, 0.3) is 0 Å². The van der Waals surface area contributed by atoms with Crippen LogP contribution in [0.2, 0.25) is 0 Å². The van der Waals surface area contributed by atoms with Gasteiger partial charge in [0.05, 0.1) is 5.69 Å². The summed E-state index contributed by atoms with van der Waals surface area (Å²) in [5.74, 6) is 0.914. The fourth-order valence-electron chi connectivity index (χ4n) is 4.02. The summed E-state index contributed by atoms with van der Waals surface area (Å²) in [7, 11) is 0. The lowest BCUT2D eigenvalue weighted by Crippen LogP contribution is -2.39. The summed E-state index contributed by atoms with van der Waals surface area (Å²) < 4.78 is 6.03. The highest BCUT2D eigenvalue weighted by Crippen LogP contribution is 2.46. The monoisotopic (exact) mass is 373 g/mol. The van der Waals surface area contributed by atoms with E-state index in [1.54, 1.807) is 0 Å². The summed E-state index contributed by atoms with van der Waals surface area (Å²) in [6.45, 7) is 6.17. The molecule has 0 bridgehead atoms. The quantitative estimate of drug-likeness (QED) is 0.519. The molecule has 0 fully saturated rings. The fourth-order valence-corrected chi connectivity index (χ4v) is 4.35. The van der Waals surface area contributed by atoms with Gasteiger partial charge in [0.2, 0.25) is 0 Å². The number of hydrogen-bond acceptors (Lipinski definition) is 2. The molecule has 1 aliphatic carbocycles. The van der Waals surface area contributed by atoms with Gasteiger partial charge in [-0.15, -0.1) is 23.2 Å². The Bertz CT molecular complexity index is 870. The molecule has 0 radical (unpaired) electrons. The van der Waals surface area contributed by atoms with Gasteiger partial charge in [-0.25, -0.2) is 0 Å². The molecule has 0 atom stereocenters. The Kier molecular flexibility index (Phi) is 4.01. The minimum Gasteiger partial charge on any atom is -0.471 e. The highest BCUT2D eigenvalue weighted by Gasteiger charge is 2.37. The smallest absolute Gasteiger partial charge is 0.180 e. The summed E-state index contributed by atoms with van der Waals surface area (Å²) in [6, 6.07) is 13.0. The van der Waals surface area contributed by atoms with Crippen LogP contribution >= 0.6 is 23.2 Å². The maximum atomic E-state index is 6.13. The summed E-state index contributed by atoms with van der Waals surface area (Å²) in [5.41, 5.74) is 7.21. The molecule has 0 spiro atoms. The molecule has 2 aliphatic rings. The number of hydrogen-bond donors (Lipinski definition) is 0. The Morgan fingerprint density at radius 2 is 1.88 bits per heavy atom. The molecule has 0 unspecified atom stereocenters. The van der Waals surface area contributed by atoms with Gasteiger partial charge in [0.15, 0.2) is 5.72 Å². The van der Waals surface area contributed by atoms with Crippen molar-refractivity contribution < 1.29 is 4.74 Å². The number of fused-ring (bicyclic) bond motifs is 3. The molecule has 2 aromatic rings. The SMILES string of the molecule is CC1=CN(c2c(CC(Cl)Cl)ccc3c2Cc2ccccc2-3)C(C)(C)O1. The molecule has 0 saturated carbocycles. The second kappa shape index (κ2) is 5.96. The first-order valence-electron chi connectivity index (χ1n) is 8.55. The molecule has 4 heteroatoms. The highest BCUT2D eigenvalue weighted by atomic mass is 35.5. The average molecular weight is 374 g/mol. The van der Waals surface area contributed by atoms with E-state index < -0.39 is 10.6 Å². The van der Waals surface area contributed by atoms with Gasteiger partial charge in [-0.05, 0) is 48.6 Å². The van der Waals surface area contributed by atoms with Crippen LogP contribution in [0, 0.1) is 0 Å². The number of rotatable bonds is 3. The van der Waals surface area contributed by atoms with Crippen molar-refractivity contribution in [2.45, 2.75) is 44.2 Å². The Labute approximate surface area is 159 Å². The largest absolute Gasteiger partial charge is 0.471 e. The number of ether oxygens (including phenoxy) is 1. The van der Waals surface area contributed by atoms with Gasteiger partial charge in [-0.1, -0.05) is 36.4 Å². The third kappa shape index (κ3) is 2.82. The lowest BCUT2D eigenvalue weighted by atomic mass is 9.97. The number of anilines is 1. The van der Waals surface area contributed by atoms with Crippen molar-refractivity contribution in [3.8, 4) is 11.1 Å². The van der Waals surface area contributed by atoms with Gasteiger partial charge in [-0.2, -0.15) is 0 Å². The van der Waals surface area contributed by atoms with Crippen LogP contribution in [0.25, 0.3) is 11.1 Å². The Morgan fingerprint density at radius 1 is 1.12 bits per heavy atom. The van der Waals surface area contributed by atoms with E-state index in [2.05, 4.69) is 61.3 Å². The molecule has 2 nitrogen and oxygen atoms in total. The second-order valence-corrected chi connectivity index (χ2v) is 8.46. The van der Waals surface area contributed by atoms with Crippen molar-refractivity contribution >= 4 is 28.9 Å². The Morgan fingerprint density at radius 3 is 2.56 bits per heavy atom. The van der Waals surface area contributed by atoms with Crippen LogP contribution in [-0.4, -0.2) is 10.6 Å². The molecule has 1 heterocycles. The van der Waals surface area contributed by atoms with E-state index in [0.717, 1.165) is 17.7 Å². The van der Waals surface area contributed by atoms with Crippen LogP contribution < -0.4 is 4.90 Å². The summed E-state index contributed by atoms with van der Waals surface area (Å²) in [5, 5.41) is 0. The summed E-state index contributed by atoms with van der Waals surface area (Å²) in [4.78, 5) is 1.80. The van der Waals surface area contributed by atoms with Crippen LogP contribution in [0.15, 0.2) is 48.4 Å². The third-order valence-electron chi connectivity index (χ3n) is 4.96. The maximum Gasteiger partial charge on any atom is 0.180 e. The minimum absolute atomic E-state index is 0.433. The molecule has 2 aromatic carbocycles. The third-order valence-corrected chi connectivity index (χ3v) is 5.27. The van der Waals surface area contributed by atoms with Crippen molar-refractivity contribution in [2.75, 3.05) is 4.90 Å². The van der Waals surface area contributed by atoms with Crippen LogP contribution in [0.3, 0.4) is 0 Å². The zero-order valence-electron chi connectivity index (χ0n) is 14.6. The molecule has 0 saturated heterocycles. The zero-order chi connectivity index (χ0) is 17.8. The van der Waals surface area contributed by atoms with Crippen LogP contribution in [0.1, 0.15) is 37.5 Å². The zero-order valence-corrected chi connectivity index (χ0v) is 16.2. The van der Waals surface area contributed by atoms with Crippen LogP contribution in [0.4, 0.5) is 5.69 Å². The minimum atomic E-state index is -0.434. The van der Waals surface area contributed by atoms with Gasteiger partial charge in [0.1, 0.15) is 10.6 Å². The molecule has 4 rings (SSSR count). The van der Waals surface area contributed by atoms with Crippen molar-refractivity contribution in [3.63, 3.8) is 0 Å². The van der Waals surface area contributed by atoms with E-state index in [-0.39, 0.29) is 0 Å². The molecule has 25 heavy (non-hydrogen) atoms. The van der Waals surface area contributed by atoms with Crippen molar-refractivity contribution in [2.24, 2.45) is 0 Å². The number of benzene rings is 2. The van der Waals surface area contributed by atoms with Gasteiger partial charge < -0.3 is 9.64 Å². The van der Waals surface area contributed by atoms with Crippen LogP contribution in [0.5, 0.6) is 0 Å². The number of nitrogens with zero attached hydrogens (tertiary/aromatic N) is 1. The number of alkyl halides is 2. The first-order chi connectivity index (χ1) is 11.9. The van der Waals surface area contributed by atoms with E-state index in [1.807, 2.05) is 6.92 Å². The normalized spacial score (nSPS) is 17.4. The molecule has 0 amide bonds. The van der Waals surface area contributed by atoms with E-state index in [0.29, 0.717) is 6.42 Å². The lowest BCUT2D eigenvalue weighted by molar-refractivity contribution is 0.0640. The molecular weight excluding hydrogens is 353 g/mol. The Balaban J connectivity index is 1.92. The van der Waals surface area contributed by atoms with Crippen molar-refractivity contribution in [1.82, 2.24) is 0 Å². The first kappa shape index (κ1) is 16.8. The van der Waals surface area contributed by atoms with E-state index in [1.165, 1.54) is 27.9 Å². The predicted octanol–water partition coefficient (Wildman–Crippen LogP) is 6.04. The molecule has 1 aliphatic heterocycles. The van der Waals surface area contributed by atoms with E-state index >= 15 is 0 Å². The first-order valence-corrected chi connectivity index (χ1v) is 9.42. The maximum absolute atomic E-state index is 6.13. The second-order valence-electron chi connectivity index (χ2n) is 7.19. The molecule has 130 valence electrons. The van der Waals surface area contributed by atoms with Gasteiger partial charge >= 0.3 is 0 Å². The van der Waals surface area contributed by atoms with Crippen molar-refractivity contribution in [1.29, 1.82) is 0 Å². The van der Waals surface area contributed by atoms with E-state index in [9.17, 15) is 0 Å². The van der Waals surface area contributed by atoms with E-state index in [4.69, 9.17) is 27.9 Å². The van der Waals surface area contributed by atoms with Gasteiger partial charge in [-0.3, -0.25) is 0 Å². The topological polar surface area (TPSA) is 12.5 Å². The molecule has 0 aromatic heterocycles. The molecule has 0 N–H and O–H groups in total. The number of allylic oxidation sites excluding steroid dienone is 1. The molecular formula is C21H21Cl2NO. The summed E-state index contributed by atoms with van der Waals surface area (Å²) >= 11 is 12.3. The average Bonchev–Trinajstić information content (AvgIpc) is 3.02. The fraction of sp³-hybridized carbons (Fsp3) is 0.333.